The minimum atomic E-state index is -0.303. The number of aromatic amines is 1. The average molecular weight is 446 g/mol. The van der Waals surface area contributed by atoms with Crippen molar-refractivity contribution in [2.24, 2.45) is 0 Å². The van der Waals surface area contributed by atoms with Crippen LogP contribution >= 0.6 is 0 Å². The maximum absolute atomic E-state index is 13.1. The summed E-state index contributed by atoms with van der Waals surface area (Å²) in [6.07, 6.45) is 6.21. The third-order valence-electron chi connectivity index (χ3n) is 5.67. The maximum atomic E-state index is 13.1. The average Bonchev–Trinajstić information content (AvgIpc) is 3.40. The number of aromatic nitrogens is 5. The highest BCUT2D eigenvalue weighted by molar-refractivity contribution is 5.83. The molecule has 0 radical (unpaired) electrons. The predicted octanol–water partition coefficient (Wildman–Crippen LogP) is 3.75. The number of carbonyl (C=O) groups is 1. The van der Waals surface area contributed by atoms with Crippen LogP contribution in [0.3, 0.4) is 0 Å². The van der Waals surface area contributed by atoms with Crippen molar-refractivity contribution in [2.75, 3.05) is 19.0 Å². The van der Waals surface area contributed by atoms with Crippen LogP contribution in [0.2, 0.25) is 0 Å². The Bertz CT molecular complexity index is 1250. The van der Waals surface area contributed by atoms with Gasteiger partial charge in [-0.2, -0.15) is 0 Å². The van der Waals surface area contributed by atoms with Gasteiger partial charge in [-0.05, 0) is 18.6 Å². The molecule has 1 aromatic carbocycles. The SMILES string of the molecule is Cc1nc([C@@H](Cc2c[nH]c3ccccc23)NC(=O)Cn2ccnc2C(C)C)cc(N(C)C)n1. The van der Waals surface area contributed by atoms with Crippen molar-refractivity contribution in [3.8, 4) is 0 Å². The molecule has 3 heterocycles. The van der Waals surface area contributed by atoms with Gasteiger partial charge < -0.3 is 19.8 Å². The van der Waals surface area contributed by atoms with Gasteiger partial charge in [0.15, 0.2) is 0 Å². The van der Waals surface area contributed by atoms with E-state index in [2.05, 4.69) is 46.2 Å². The molecule has 8 heteroatoms. The molecule has 4 rings (SSSR count). The Morgan fingerprint density at radius 1 is 1.21 bits per heavy atom. The summed E-state index contributed by atoms with van der Waals surface area (Å²) in [5.41, 5.74) is 2.99. The number of H-pyrrole nitrogens is 1. The van der Waals surface area contributed by atoms with Crippen LogP contribution in [0.4, 0.5) is 5.82 Å². The van der Waals surface area contributed by atoms with E-state index in [0.29, 0.717) is 12.2 Å². The van der Waals surface area contributed by atoms with Crippen molar-refractivity contribution in [2.45, 2.75) is 45.7 Å². The van der Waals surface area contributed by atoms with Gasteiger partial charge >= 0.3 is 0 Å². The summed E-state index contributed by atoms with van der Waals surface area (Å²) in [6.45, 7) is 6.23. The molecule has 8 nitrogen and oxygen atoms in total. The van der Waals surface area contributed by atoms with Gasteiger partial charge in [0.1, 0.15) is 24.0 Å². The maximum Gasteiger partial charge on any atom is 0.240 e. The van der Waals surface area contributed by atoms with Crippen molar-refractivity contribution < 1.29 is 4.79 Å². The fourth-order valence-corrected chi connectivity index (χ4v) is 4.08. The zero-order chi connectivity index (χ0) is 23.5. The molecular weight excluding hydrogens is 414 g/mol. The third-order valence-corrected chi connectivity index (χ3v) is 5.67. The summed E-state index contributed by atoms with van der Waals surface area (Å²) < 4.78 is 1.90. The Hall–Kier alpha value is -3.68. The molecule has 172 valence electrons. The summed E-state index contributed by atoms with van der Waals surface area (Å²) in [5, 5.41) is 4.37. The van der Waals surface area contributed by atoms with E-state index in [4.69, 9.17) is 4.98 Å². The molecule has 0 spiro atoms. The molecule has 0 saturated carbocycles. The van der Waals surface area contributed by atoms with Crippen LogP contribution in [0.1, 0.15) is 48.7 Å². The molecule has 0 bridgehead atoms. The Balaban J connectivity index is 1.65. The van der Waals surface area contributed by atoms with Crippen LogP contribution in [0, 0.1) is 6.92 Å². The number of nitrogens with one attached hydrogen (secondary N) is 2. The number of hydrogen-bond donors (Lipinski definition) is 2. The lowest BCUT2D eigenvalue weighted by Gasteiger charge is -2.21. The van der Waals surface area contributed by atoms with Gasteiger partial charge in [-0.15, -0.1) is 0 Å². The van der Waals surface area contributed by atoms with Gasteiger partial charge in [0.2, 0.25) is 5.91 Å². The first-order chi connectivity index (χ1) is 15.8. The van der Waals surface area contributed by atoms with Gasteiger partial charge in [0, 0.05) is 62.0 Å². The second kappa shape index (κ2) is 9.44. The van der Waals surface area contributed by atoms with Crippen molar-refractivity contribution in [1.82, 2.24) is 29.8 Å². The van der Waals surface area contributed by atoms with Crippen LogP contribution in [0.25, 0.3) is 10.9 Å². The molecule has 2 N–H and O–H groups in total. The number of carbonyl (C=O) groups excluding carboxylic acids is 1. The number of anilines is 1. The summed E-state index contributed by atoms with van der Waals surface area (Å²) in [4.78, 5) is 32.0. The molecule has 0 saturated heterocycles. The van der Waals surface area contributed by atoms with Gasteiger partial charge in [0.05, 0.1) is 11.7 Å². The van der Waals surface area contributed by atoms with Gasteiger partial charge in [0.25, 0.3) is 0 Å². The molecule has 4 aromatic rings. The van der Waals surface area contributed by atoms with E-state index in [0.717, 1.165) is 33.8 Å². The van der Waals surface area contributed by atoms with E-state index in [1.54, 1.807) is 6.20 Å². The van der Waals surface area contributed by atoms with Crippen LogP contribution in [-0.4, -0.2) is 44.5 Å². The molecule has 3 aromatic heterocycles. The van der Waals surface area contributed by atoms with Gasteiger partial charge in [-0.1, -0.05) is 32.0 Å². The zero-order valence-electron chi connectivity index (χ0n) is 19.8. The largest absolute Gasteiger partial charge is 0.363 e. The topological polar surface area (TPSA) is 91.7 Å². The highest BCUT2D eigenvalue weighted by atomic mass is 16.2. The number of rotatable bonds is 8. The smallest absolute Gasteiger partial charge is 0.240 e. The van der Waals surface area contributed by atoms with E-state index in [9.17, 15) is 4.79 Å². The van der Waals surface area contributed by atoms with Crippen molar-refractivity contribution >= 4 is 22.6 Å². The number of para-hydroxylation sites is 1. The van der Waals surface area contributed by atoms with E-state index >= 15 is 0 Å². The van der Waals surface area contributed by atoms with Crippen LogP contribution < -0.4 is 10.2 Å². The molecule has 33 heavy (non-hydrogen) atoms. The number of aryl methyl sites for hydroxylation is 1. The first-order valence-electron chi connectivity index (χ1n) is 11.2. The van der Waals surface area contributed by atoms with E-state index < -0.39 is 0 Å². The number of nitrogens with zero attached hydrogens (tertiary/aromatic N) is 5. The van der Waals surface area contributed by atoms with Gasteiger partial charge in [-0.3, -0.25) is 4.79 Å². The number of imidazole rings is 1. The predicted molar refractivity (Wildman–Crippen MR) is 130 cm³/mol. The minimum Gasteiger partial charge on any atom is -0.363 e. The molecule has 0 aliphatic carbocycles. The fourth-order valence-electron chi connectivity index (χ4n) is 4.08. The Labute approximate surface area is 194 Å². The van der Waals surface area contributed by atoms with Crippen molar-refractivity contribution in [3.63, 3.8) is 0 Å². The molecule has 1 amide bonds. The molecule has 0 aliphatic rings. The lowest BCUT2D eigenvalue weighted by Crippen LogP contribution is -2.34. The molecule has 0 fully saturated rings. The fraction of sp³-hybridized carbons (Fsp3) is 0.360. The molecule has 0 unspecified atom stereocenters. The first-order valence-corrected chi connectivity index (χ1v) is 11.2. The second-order valence-corrected chi connectivity index (χ2v) is 8.84. The van der Waals surface area contributed by atoms with Crippen LogP contribution in [-0.2, 0) is 17.8 Å². The highest BCUT2D eigenvalue weighted by Gasteiger charge is 2.21. The quantitative estimate of drug-likeness (QED) is 0.431. The standard InChI is InChI=1S/C25H31N7O/c1-16(2)25-26-10-11-32(25)15-24(33)30-21(22-13-23(31(4)5)29-17(3)28-22)12-18-14-27-20-9-7-6-8-19(18)20/h6-11,13-14,16,21,27H,12,15H2,1-5H3,(H,30,33)/t21-/m1/s1. The van der Waals surface area contributed by atoms with Gasteiger partial charge in [-0.25, -0.2) is 15.0 Å². The van der Waals surface area contributed by atoms with Crippen LogP contribution in [0.5, 0.6) is 0 Å². The first kappa shape index (κ1) is 22.5. The monoisotopic (exact) mass is 445 g/mol. The van der Waals surface area contributed by atoms with E-state index in [-0.39, 0.29) is 24.4 Å². The Morgan fingerprint density at radius 2 is 2.00 bits per heavy atom. The van der Waals surface area contributed by atoms with Crippen molar-refractivity contribution in [1.29, 1.82) is 0 Å². The summed E-state index contributed by atoms with van der Waals surface area (Å²) in [6, 6.07) is 9.83. The Kier molecular flexibility index (Phi) is 6.44. The normalized spacial score (nSPS) is 12.3. The molecule has 1 atom stereocenters. The Morgan fingerprint density at radius 3 is 2.76 bits per heavy atom. The van der Waals surface area contributed by atoms with E-state index in [1.807, 2.05) is 61.1 Å². The number of amides is 1. The zero-order valence-corrected chi connectivity index (χ0v) is 19.8. The number of benzene rings is 1. The highest BCUT2D eigenvalue weighted by Crippen LogP contribution is 2.25. The number of hydrogen-bond acceptors (Lipinski definition) is 5. The lowest BCUT2D eigenvalue weighted by molar-refractivity contribution is -0.122. The molecular formula is C25H31N7O. The van der Waals surface area contributed by atoms with E-state index in [1.165, 1.54) is 0 Å². The lowest BCUT2D eigenvalue weighted by atomic mass is 10.0. The third kappa shape index (κ3) is 5.05. The summed E-state index contributed by atoms with van der Waals surface area (Å²) >= 11 is 0. The second-order valence-electron chi connectivity index (χ2n) is 8.84. The summed E-state index contributed by atoms with van der Waals surface area (Å²) in [5.74, 6) is 2.54. The van der Waals surface area contributed by atoms with Crippen LogP contribution in [0.15, 0.2) is 48.9 Å². The minimum absolute atomic E-state index is 0.0811. The van der Waals surface area contributed by atoms with Crippen molar-refractivity contribution in [3.05, 3.63) is 71.8 Å². The molecule has 0 aliphatic heterocycles. The summed E-state index contributed by atoms with van der Waals surface area (Å²) in [7, 11) is 3.90. The number of fused-ring (bicyclic) bond motifs is 1.